The second-order valence-electron chi connectivity index (χ2n) is 2.68. The van der Waals surface area contributed by atoms with Crippen LogP contribution in [0.4, 0.5) is 0 Å². The summed E-state index contributed by atoms with van der Waals surface area (Å²) in [5.74, 6) is 0. The van der Waals surface area contributed by atoms with Gasteiger partial charge in [-0.3, -0.25) is 4.68 Å². The summed E-state index contributed by atoms with van der Waals surface area (Å²) in [5, 5.41) is 4.35. The maximum atomic E-state index is 4.35. The first-order valence-corrected chi connectivity index (χ1v) is 4.08. The van der Waals surface area contributed by atoms with Crippen molar-refractivity contribution in [1.29, 1.82) is 0 Å². The molecule has 0 spiro atoms. The lowest BCUT2D eigenvalue weighted by molar-refractivity contribution is 0.642. The maximum absolute atomic E-state index is 4.35. The summed E-state index contributed by atoms with van der Waals surface area (Å²) in [5.41, 5.74) is 3.50. The summed E-state index contributed by atoms with van der Waals surface area (Å²) in [6.45, 7) is 11.2. The molecule has 0 N–H and O–H groups in total. The summed E-state index contributed by atoms with van der Waals surface area (Å²) in [7, 11) is 0. The van der Waals surface area contributed by atoms with Gasteiger partial charge >= 0.3 is 0 Å². The highest BCUT2D eigenvalue weighted by atomic mass is 15.3. The van der Waals surface area contributed by atoms with Gasteiger partial charge in [0.15, 0.2) is 0 Å². The van der Waals surface area contributed by atoms with Crippen molar-refractivity contribution in [1.82, 2.24) is 9.78 Å². The van der Waals surface area contributed by atoms with Crippen LogP contribution in [0.1, 0.15) is 30.8 Å². The molecule has 0 saturated carbocycles. The highest BCUT2D eigenvalue weighted by molar-refractivity contribution is 5.27. The summed E-state index contributed by atoms with van der Waals surface area (Å²) in [6, 6.07) is 0. The van der Waals surface area contributed by atoms with Crippen LogP contribution in [0, 0.1) is 13.8 Å². The van der Waals surface area contributed by atoms with E-state index >= 15 is 0 Å². The zero-order valence-corrected chi connectivity index (χ0v) is 7.52. The highest BCUT2D eigenvalue weighted by Gasteiger charge is 2.07. The Kier molecular flexibility index (Phi) is 2.32. The van der Waals surface area contributed by atoms with Crippen molar-refractivity contribution >= 4 is 0 Å². The van der Waals surface area contributed by atoms with Gasteiger partial charge in [0.05, 0.1) is 5.69 Å². The van der Waals surface area contributed by atoms with Gasteiger partial charge < -0.3 is 0 Å². The van der Waals surface area contributed by atoms with Crippen molar-refractivity contribution < 1.29 is 0 Å². The fraction of sp³-hybridized carbons (Fsp3) is 0.556. The van der Waals surface area contributed by atoms with Crippen LogP contribution < -0.4 is 0 Å². The van der Waals surface area contributed by atoms with E-state index in [4.69, 9.17) is 0 Å². The van der Waals surface area contributed by atoms with Gasteiger partial charge in [-0.1, -0.05) is 6.92 Å². The van der Waals surface area contributed by atoms with Gasteiger partial charge in [-0.15, -0.1) is 0 Å². The standard InChI is InChI=1S/C9H15N2/c1-5-9-7(3)10-11(6-2)8(9)4/h4-6H2,1-3H3. The van der Waals surface area contributed by atoms with Crippen LogP contribution in [0.25, 0.3) is 0 Å². The average molecular weight is 151 g/mol. The summed E-state index contributed by atoms with van der Waals surface area (Å²) in [4.78, 5) is 0. The number of hydrogen-bond acceptors (Lipinski definition) is 1. The zero-order chi connectivity index (χ0) is 8.43. The molecule has 0 atom stereocenters. The largest absolute Gasteiger partial charge is 0.269 e. The number of aryl methyl sites for hydroxylation is 2. The minimum absolute atomic E-state index is 0.916. The molecule has 0 aliphatic carbocycles. The molecule has 1 heterocycles. The molecule has 11 heavy (non-hydrogen) atoms. The van der Waals surface area contributed by atoms with Crippen LogP contribution in [-0.2, 0) is 13.0 Å². The van der Waals surface area contributed by atoms with Crippen molar-refractivity contribution in [2.45, 2.75) is 33.7 Å². The molecule has 0 unspecified atom stereocenters. The van der Waals surface area contributed by atoms with Crippen LogP contribution >= 0.6 is 0 Å². The topological polar surface area (TPSA) is 17.8 Å². The number of hydrogen-bond donors (Lipinski definition) is 0. The van der Waals surface area contributed by atoms with Crippen molar-refractivity contribution in [2.24, 2.45) is 0 Å². The van der Waals surface area contributed by atoms with E-state index in [9.17, 15) is 0 Å². The lowest BCUT2D eigenvalue weighted by atomic mass is 10.1. The van der Waals surface area contributed by atoms with E-state index in [0.29, 0.717) is 0 Å². The Hall–Kier alpha value is -0.790. The van der Waals surface area contributed by atoms with Gasteiger partial charge in [0.2, 0.25) is 0 Å². The molecule has 0 amide bonds. The monoisotopic (exact) mass is 151 g/mol. The first-order chi connectivity index (χ1) is 5.20. The molecule has 2 heteroatoms. The van der Waals surface area contributed by atoms with Crippen molar-refractivity contribution in [3.8, 4) is 0 Å². The van der Waals surface area contributed by atoms with E-state index in [-0.39, 0.29) is 0 Å². The van der Waals surface area contributed by atoms with Gasteiger partial charge in [0.25, 0.3) is 0 Å². The lowest BCUT2D eigenvalue weighted by Crippen LogP contribution is -1.98. The second-order valence-corrected chi connectivity index (χ2v) is 2.68. The van der Waals surface area contributed by atoms with Crippen molar-refractivity contribution in [3.05, 3.63) is 23.9 Å². The van der Waals surface area contributed by atoms with E-state index in [2.05, 4.69) is 25.9 Å². The summed E-state index contributed by atoms with van der Waals surface area (Å²) in [6.07, 6.45) is 1.03. The van der Waals surface area contributed by atoms with Crippen LogP contribution in [0.3, 0.4) is 0 Å². The van der Waals surface area contributed by atoms with Crippen molar-refractivity contribution in [3.63, 3.8) is 0 Å². The van der Waals surface area contributed by atoms with E-state index in [0.717, 1.165) is 24.4 Å². The first-order valence-electron chi connectivity index (χ1n) is 4.08. The van der Waals surface area contributed by atoms with Gasteiger partial charge in [-0.05, 0) is 32.8 Å². The third-order valence-electron chi connectivity index (χ3n) is 2.02. The fourth-order valence-corrected chi connectivity index (χ4v) is 1.39. The van der Waals surface area contributed by atoms with Crippen LogP contribution in [-0.4, -0.2) is 9.78 Å². The van der Waals surface area contributed by atoms with E-state index in [1.165, 1.54) is 5.56 Å². The third-order valence-corrected chi connectivity index (χ3v) is 2.02. The van der Waals surface area contributed by atoms with E-state index < -0.39 is 0 Å². The fourth-order valence-electron chi connectivity index (χ4n) is 1.39. The molecular weight excluding hydrogens is 136 g/mol. The molecule has 0 fully saturated rings. The predicted molar refractivity (Wildman–Crippen MR) is 46.5 cm³/mol. The zero-order valence-electron chi connectivity index (χ0n) is 7.52. The van der Waals surface area contributed by atoms with Gasteiger partial charge in [0, 0.05) is 12.2 Å². The maximum Gasteiger partial charge on any atom is 0.0628 e. The Bertz CT molecular complexity index is 248. The Labute approximate surface area is 68.2 Å². The molecule has 0 aliphatic rings. The Morgan fingerprint density at radius 3 is 2.36 bits per heavy atom. The van der Waals surface area contributed by atoms with Crippen LogP contribution in [0.15, 0.2) is 0 Å². The highest BCUT2D eigenvalue weighted by Crippen LogP contribution is 2.12. The van der Waals surface area contributed by atoms with Gasteiger partial charge in [0.1, 0.15) is 0 Å². The quantitative estimate of drug-likeness (QED) is 0.631. The Morgan fingerprint density at radius 1 is 1.45 bits per heavy atom. The molecule has 0 bridgehead atoms. The average Bonchev–Trinajstić information content (AvgIpc) is 2.26. The minimum atomic E-state index is 0.916. The van der Waals surface area contributed by atoms with E-state index in [1.807, 2.05) is 11.6 Å². The van der Waals surface area contributed by atoms with Crippen molar-refractivity contribution in [2.75, 3.05) is 0 Å². The van der Waals surface area contributed by atoms with E-state index in [1.54, 1.807) is 0 Å². The number of rotatable bonds is 2. The molecule has 1 rings (SSSR count). The molecule has 1 aromatic rings. The van der Waals surface area contributed by atoms with Gasteiger partial charge in [-0.2, -0.15) is 5.10 Å². The summed E-state index contributed by atoms with van der Waals surface area (Å²) >= 11 is 0. The van der Waals surface area contributed by atoms with Crippen LogP contribution in [0.5, 0.6) is 0 Å². The predicted octanol–water partition coefficient (Wildman–Crippen LogP) is 1.96. The Balaban J connectivity index is 3.14. The smallest absolute Gasteiger partial charge is 0.0628 e. The molecular formula is C9H15N2. The summed E-state index contributed by atoms with van der Waals surface area (Å²) < 4.78 is 1.95. The molecule has 0 saturated heterocycles. The normalized spacial score (nSPS) is 10.5. The van der Waals surface area contributed by atoms with Crippen LogP contribution in [0.2, 0.25) is 0 Å². The molecule has 2 nitrogen and oxygen atoms in total. The number of nitrogens with zero attached hydrogens (tertiary/aromatic N) is 2. The molecule has 0 aromatic carbocycles. The lowest BCUT2D eigenvalue weighted by Gasteiger charge is -1.98. The third kappa shape index (κ3) is 1.30. The Morgan fingerprint density at radius 2 is 2.09 bits per heavy atom. The minimum Gasteiger partial charge on any atom is -0.269 e. The number of aromatic nitrogens is 2. The SMILES string of the molecule is [CH2]c1c(CC)c(C)nn1CC. The van der Waals surface area contributed by atoms with Gasteiger partial charge in [-0.25, -0.2) is 0 Å². The molecule has 61 valence electrons. The molecule has 0 aliphatic heterocycles. The molecule has 1 radical (unpaired) electrons. The first kappa shape index (κ1) is 8.31. The molecule has 1 aromatic heterocycles. The second kappa shape index (κ2) is 3.07.